The van der Waals surface area contributed by atoms with E-state index in [2.05, 4.69) is 15.6 Å². The highest BCUT2D eigenvalue weighted by Gasteiger charge is 2.30. The Morgan fingerprint density at radius 3 is 2.45 bits per heavy atom. The number of nitrogens with zero attached hydrogens (tertiary/aromatic N) is 1. The summed E-state index contributed by atoms with van der Waals surface area (Å²) in [6.07, 6.45) is -1.63. The molecule has 1 atom stereocenters. The Labute approximate surface area is 179 Å². The minimum Gasteiger partial charge on any atom is -0.439 e. The summed E-state index contributed by atoms with van der Waals surface area (Å²) in [4.78, 5) is 15.8. The van der Waals surface area contributed by atoms with Gasteiger partial charge in [0, 0.05) is 24.4 Å². The molecule has 1 amide bonds. The topological polar surface area (TPSA) is 63.2 Å². The molecule has 5 nitrogen and oxygen atoms in total. The van der Waals surface area contributed by atoms with Crippen molar-refractivity contribution in [3.8, 4) is 11.6 Å². The van der Waals surface area contributed by atoms with Crippen LogP contribution in [0.15, 0.2) is 42.6 Å². The van der Waals surface area contributed by atoms with Crippen molar-refractivity contribution in [2.75, 3.05) is 19.6 Å². The summed E-state index contributed by atoms with van der Waals surface area (Å²) in [6, 6.07) is 8.42. The van der Waals surface area contributed by atoms with Gasteiger partial charge in [0.25, 0.3) is 5.91 Å². The van der Waals surface area contributed by atoms with Crippen molar-refractivity contribution in [2.45, 2.75) is 19.0 Å². The fourth-order valence-electron chi connectivity index (χ4n) is 2.86. The van der Waals surface area contributed by atoms with Crippen LogP contribution in [0.4, 0.5) is 13.2 Å². The number of benzene rings is 1. The summed E-state index contributed by atoms with van der Waals surface area (Å²) < 4.78 is 43.0. The number of carbonyl (C=O) groups is 1. The highest BCUT2D eigenvalue weighted by atomic mass is 35.5. The predicted octanol–water partition coefficient (Wildman–Crippen LogP) is 4.47. The fourth-order valence-corrected chi connectivity index (χ4v) is 2.86. The first-order chi connectivity index (χ1) is 12.9. The van der Waals surface area contributed by atoms with Gasteiger partial charge in [0.2, 0.25) is 5.88 Å². The second kappa shape index (κ2) is 11.2. The normalized spacial score (nSPS) is 15.8. The Balaban J connectivity index is 0.00000210. The van der Waals surface area contributed by atoms with Gasteiger partial charge in [-0.2, -0.15) is 13.2 Å². The zero-order chi connectivity index (χ0) is 19.3. The molecule has 2 heterocycles. The molecule has 0 saturated carbocycles. The number of ether oxygens (including phenoxy) is 1. The minimum atomic E-state index is -4.44. The van der Waals surface area contributed by atoms with E-state index in [1.807, 2.05) is 0 Å². The zero-order valence-electron chi connectivity index (χ0n) is 15.4. The Morgan fingerprint density at radius 2 is 1.90 bits per heavy atom. The number of nitrogens with one attached hydrogen (secondary N) is 2. The molecule has 3 rings (SSSR count). The van der Waals surface area contributed by atoms with Crippen LogP contribution in [0, 0.1) is 5.92 Å². The number of rotatable bonds is 6. The molecule has 2 aromatic rings. The number of hydrogen-bond donors (Lipinski definition) is 2. The van der Waals surface area contributed by atoms with Gasteiger partial charge in [0.15, 0.2) is 0 Å². The summed E-state index contributed by atoms with van der Waals surface area (Å²) in [7, 11) is 0. The number of hydrogen-bond acceptors (Lipinski definition) is 4. The number of aromatic nitrogens is 1. The van der Waals surface area contributed by atoms with E-state index in [-0.39, 0.29) is 36.6 Å². The lowest BCUT2D eigenvalue weighted by molar-refractivity contribution is -0.137. The van der Waals surface area contributed by atoms with E-state index < -0.39 is 11.7 Å². The lowest BCUT2D eigenvalue weighted by Crippen LogP contribution is -2.26. The van der Waals surface area contributed by atoms with Crippen molar-refractivity contribution >= 4 is 30.7 Å². The van der Waals surface area contributed by atoms with Crippen LogP contribution in [0.1, 0.15) is 28.8 Å². The van der Waals surface area contributed by atoms with E-state index in [9.17, 15) is 18.0 Å². The lowest BCUT2D eigenvalue weighted by Gasteiger charge is -2.10. The van der Waals surface area contributed by atoms with Gasteiger partial charge in [-0.05, 0) is 62.2 Å². The van der Waals surface area contributed by atoms with Crippen molar-refractivity contribution in [3.63, 3.8) is 0 Å². The van der Waals surface area contributed by atoms with E-state index in [0.29, 0.717) is 23.8 Å². The summed E-state index contributed by atoms with van der Waals surface area (Å²) in [6.45, 7) is 2.66. The molecule has 0 spiro atoms. The SMILES string of the molecule is Cl.Cl.O=C(NCCC1CCNC1)c1ccc(Oc2ccc(C(F)(F)F)cn2)cc1. The molecule has 1 aromatic carbocycles. The first-order valence-corrected chi connectivity index (χ1v) is 8.72. The van der Waals surface area contributed by atoms with Crippen LogP contribution in [0.2, 0.25) is 0 Å². The molecule has 1 unspecified atom stereocenters. The highest BCUT2D eigenvalue weighted by Crippen LogP contribution is 2.30. The summed E-state index contributed by atoms with van der Waals surface area (Å²) in [5.41, 5.74) is -0.345. The third-order valence-electron chi connectivity index (χ3n) is 4.40. The van der Waals surface area contributed by atoms with E-state index in [0.717, 1.165) is 44.3 Å². The molecule has 0 radical (unpaired) electrons. The van der Waals surface area contributed by atoms with Crippen LogP contribution < -0.4 is 15.4 Å². The Hall–Kier alpha value is -2.03. The molecular weight excluding hydrogens is 430 g/mol. The van der Waals surface area contributed by atoms with Crippen molar-refractivity contribution in [2.24, 2.45) is 5.92 Å². The van der Waals surface area contributed by atoms with Crippen LogP contribution in [-0.2, 0) is 6.18 Å². The van der Waals surface area contributed by atoms with Crippen molar-refractivity contribution in [1.82, 2.24) is 15.6 Å². The molecule has 0 aliphatic carbocycles. The molecule has 1 saturated heterocycles. The highest BCUT2D eigenvalue weighted by molar-refractivity contribution is 5.94. The largest absolute Gasteiger partial charge is 0.439 e. The van der Waals surface area contributed by atoms with Crippen LogP contribution >= 0.6 is 24.8 Å². The van der Waals surface area contributed by atoms with Crippen molar-refractivity contribution < 1.29 is 22.7 Å². The predicted molar refractivity (Wildman–Crippen MR) is 108 cm³/mol. The van der Waals surface area contributed by atoms with Gasteiger partial charge in [0.05, 0.1) is 5.56 Å². The summed E-state index contributed by atoms with van der Waals surface area (Å²) >= 11 is 0. The quantitative estimate of drug-likeness (QED) is 0.680. The van der Waals surface area contributed by atoms with Crippen molar-refractivity contribution in [1.29, 1.82) is 0 Å². The molecule has 2 N–H and O–H groups in total. The molecule has 1 aliphatic rings. The monoisotopic (exact) mass is 451 g/mol. The van der Waals surface area contributed by atoms with Crippen LogP contribution in [-0.4, -0.2) is 30.5 Å². The maximum Gasteiger partial charge on any atom is 0.417 e. The summed E-state index contributed by atoms with van der Waals surface area (Å²) in [5.74, 6) is 0.874. The van der Waals surface area contributed by atoms with E-state index in [1.165, 1.54) is 0 Å². The van der Waals surface area contributed by atoms with Gasteiger partial charge in [-0.1, -0.05) is 0 Å². The lowest BCUT2D eigenvalue weighted by atomic mass is 10.1. The van der Waals surface area contributed by atoms with Crippen LogP contribution in [0.5, 0.6) is 11.6 Å². The fraction of sp³-hybridized carbons (Fsp3) is 0.368. The summed E-state index contributed by atoms with van der Waals surface area (Å²) in [5, 5.41) is 6.18. The molecule has 29 heavy (non-hydrogen) atoms. The molecular formula is C19H22Cl2F3N3O2. The molecule has 0 bridgehead atoms. The van der Waals surface area contributed by atoms with Gasteiger partial charge >= 0.3 is 6.18 Å². The molecule has 1 aromatic heterocycles. The van der Waals surface area contributed by atoms with Gasteiger partial charge in [-0.15, -0.1) is 24.8 Å². The number of halogens is 5. The maximum atomic E-state index is 12.5. The van der Waals surface area contributed by atoms with Crippen molar-refractivity contribution in [3.05, 3.63) is 53.7 Å². The number of carbonyl (C=O) groups excluding carboxylic acids is 1. The molecule has 1 fully saturated rings. The minimum absolute atomic E-state index is 0. The zero-order valence-corrected chi connectivity index (χ0v) is 17.0. The van der Waals surface area contributed by atoms with Gasteiger partial charge < -0.3 is 15.4 Å². The van der Waals surface area contributed by atoms with Gasteiger partial charge in [-0.25, -0.2) is 4.98 Å². The number of alkyl halides is 3. The van der Waals surface area contributed by atoms with E-state index in [4.69, 9.17) is 4.74 Å². The van der Waals surface area contributed by atoms with E-state index >= 15 is 0 Å². The third kappa shape index (κ3) is 7.38. The van der Waals surface area contributed by atoms with Gasteiger partial charge in [0.1, 0.15) is 5.75 Å². The molecule has 10 heteroatoms. The number of pyridine rings is 1. The average molecular weight is 452 g/mol. The standard InChI is InChI=1S/C19H20F3N3O2.2ClH/c20-19(21,22)15-3-6-17(25-12-15)27-16-4-1-14(2-5-16)18(26)24-10-8-13-7-9-23-11-13;;/h1-6,12-13,23H,7-11H2,(H,24,26);2*1H. The molecule has 1 aliphatic heterocycles. The number of amides is 1. The Bertz CT molecular complexity index is 766. The smallest absolute Gasteiger partial charge is 0.417 e. The first kappa shape index (κ1) is 25.0. The average Bonchev–Trinajstić information content (AvgIpc) is 3.15. The second-order valence-corrected chi connectivity index (χ2v) is 6.41. The van der Waals surface area contributed by atoms with Crippen LogP contribution in [0.3, 0.4) is 0 Å². The third-order valence-corrected chi connectivity index (χ3v) is 4.40. The Morgan fingerprint density at radius 1 is 1.17 bits per heavy atom. The first-order valence-electron chi connectivity index (χ1n) is 8.72. The Kier molecular flexibility index (Phi) is 9.68. The maximum absolute atomic E-state index is 12.5. The second-order valence-electron chi connectivity index (χ2n) is 6.41. The van der Waals surface area contributed by atoms with Crippen LogP contribution in [0.25, 0.3) is 0 Å². The molecule has 160 valence electrons. The van der Waals surface area contributed by atoms with E-state index in [1.54, 1.807) is 24.3 Å². The van der Waals surface area contributed by atoms with Gasteiger partial charge in [-0.3, -0.25) is 4.79 Å².